The van der Waals surface area contributed by atoms with Crippen molar-refractivity contribution in [1.29, 1.82) is 0 Å². The number of alkyl halides is 4. The number of anilines is 2. The third kappa shape index (κ3) is 5.95. The molecular formula is C32H36F5N7O3S. The number of ether oxygens (including phenoxy) is 2. The Hall–Kier alpha value is -3.63. The van der Waals surface area contributed by atoms with Gasteiger partial charge >= 0.3 is 12.2 Å². The molecule has 0 unspecified atom stereocenters. The van der Waals surface area contributed by atoms with E-state index in [-0.39, 0.29) is 31.6 Å². The summed E-state index contributed by atoms with van der Waals surface area (Å²) in [5.41, 5.74) is 4.63. The summed E-state index contributed by atoms with van der Waals surface area (Å²) in [6.07, 6.45) is -3.87. The van der Waals surface area contributed by atoms with Gasteiger partial charge in [0.15, 0.2) is 10.8 Å². The van der Waals surface area contributed by atoms with Gasteiger partial charge in [0.05, 0.1) is 47.4 Å². The highest BCUT2D eigenvalue weighted by atomic mass is 32.1. The number of fused-ring (bicyclic) bond motifs is 3. The van der Waals surface area contributed by atoms with Crippen molar-refractivity contribution in [2.24, 2.45) is 0 Å². The zero-order valence-electron chi connectivity index (χ0n) is 26.6. The Bertz CT molecular complexity index is 1740. The number of thiazole rings is 1. The van der Waals surface area contributed by atoms with Crippen molar-refractivity contribution in [2.75, 3.05) is 51.0 Å². The van der Waals surface area contributed by atoms with Crippen molar-refractivity contribution < 1.29 is 36.2 Å². The molecule has 0 radical (unpaired) electrons. The molecule has 2 aromatic heterocycles. The number of nitrogens with two attached hydrogens (primary N) is 1. The molecule has 7 rings (SSSR count). The molecule has 2 N–H and O–H groups in total. The first-order valence-corrected chi connectivity index (χ1v) is 16.8. The van der Waals surface area contributed by atoms with Crippen LogP contribution < -0.4 is 15.4 Å². The topological polar surface area (TPSA) is 110 Å². The minimum Gasteiger partial charge on any atom is -0.461 e. The van der Waals surface area contributed by atoms with E-state index in [4.69, 9.17) is 20.2 Å². The fraction of sp³-hybridized carbons (Fsp3) is 0.562. The zero-order valence-corrected chi connectivity index (χ0v) is 27.4. The Kier molecular flexibility index (Phi) is 8.47. The second-order valence-electron chi connectivity index (χ2n) is 13.2. The van der Waals surface area contributed by atoms with Gasteiger partial charge in [-0.1, -0.05) is 0 Å². The molecule has 16 heteroatoms. The molecule has 6 heterocycles. The average molecular weight is 694 g/mol. The van der Waals surface area contributed by atoms with Gasteiger partial charge in [-0.05, 0) is 44.4 Å². The van der Waals surface area contributed by atoms with Crippen LogP contribution in [0.15, 0.2) is 12.1 Å². The Morgan fingerprint density at radius 1 is 1.19 bits per heavy atom. The molecule has 2 fully saturated rings. The molecule has 48 heavy (non-hydrogen) atoms. The van der Waals surface area contributed by atoms with Gasteiger partial charge in [0, 0.05) is 56.0 Å². The molecule has 0 bridgehead atoms. The first-order valence-electron chi connectivity index (χ1n) is 16.0. The van der Waals surface area contributed by atoms with Crippen LogP contribution in [0.3, 0.4) is 0 Å². The number of aromatic nitrogens is 3. The van der Waals surface area contributed by atoms with Crippen LogP contribution in [0.1, 0.15) is 74.5 Å². The Balaban J connectivity index is 1.26. The molecule has 0 saturated carbocycles. The summed E-state index contributed by atoms with van der Waals surface area (Å²) in [6.45, 7) is 1.97. The van der Waals surface area contributed by atoms with Crippen molar-refractivity contribution in [3.05, 3.63) is 55.9 Å². The molecular weight excluding hydrogens is 657 g/mol. The predicted molar refractivity (Wildman–Crippen MR) is 167 cm³/mol. The number of amides is 1. The van der Waals surface area contributed by atoms with E-state index in [0.29, 0.717) is 54.6 Å². The van der Waals surface area contributed by atoms with Crippen LogP contribution in [0.4, 0.5) is 33.5 Å². The van der Waals surface area contributed by atoms with E-state index in [1.54, 1.807) is 14.1 Å². The highest BCUT2D eigenvalue weighted by Crippen LogP contribution is 2.44. The van der Waals surface area contributed by atoms with Crippen molar-refractivity contribution >= 4 is 28.7 Å². The van der Waals surface area contributed by atoms with E-state index >= 15 is 4.39 Å². The lowest BCUT2D eigenvalue weighted by Crippen LogP contribution is -2.43. The van der Waals surface area contributed by atoms with Crippen LogP contribution in [0.2, 0.25) is 0 Å². The number of nitrogen functional groups attached to an aromatic ring is 1. The van der Waals surface area contributed by atoms with Gasteiger partial charge in [0.1, 0.15) is 18.6 Å². The van der Waals surface area contributed by atoms with Crippen LogP contribution in [-0.2, 0) is 36.9 Å². The van der Waals surface area contributed by atoms with E-state index in [1.807, 2.05) is 4.90 Å². The summed E-state index contributed by atoms with van der Waals surface area (Å²) < 4.78 is 84.1. The summed E-state index contributed by atoms with van der Waals surface area (Å²) in [6, 6.07) is 1.66. The quantitative estimate of drug-likeness (QED) is 0.279. The van der Waals surface area contributed by atoms with Crippen LogP contribution in [0, 0.1) is 5.82 Å². The Morgan fingerprint density at radius 3 is 2.77 bits per heavy atom. The van der Waals surface area contributed by atoms with Gasteiger partial charge < -0.3 is 25.0 Å². The van der Waals surface area contributed by atoms with Crippen LogP contribution in [0.5, 0.6) is 6.01 Å². The fourth-order valence-corrected chi connectivity index (χ4v) is 8.55. The molecule has 1 amide bonds. The number of nitrogens with zero attached hydrogens (tertiary/aromatic N) is 6. The fourth-order valence-electron chi connectivity index (χ4n) is 7.42. The molecule has 0 spiro atoms. The van der Waals surface area contributed by atoms with Crippen LogP contribution in [-0.4, -0.2) is 82.7 Å². The highest BCUT2D eigenvalue weighted by Gasteiger charge is 2.49. The highest BCUT2D eigenvalue weighted by molar-refractivity contribution is 7.13. The van der Waals surface area contributed by atoms with E-state index < -0.39 is 46.6 Å². The molecule has 258 valence electrons. The standard InChI is InChI=1S/C32H36F5N7O3S/c1-42(2)29(45)28-39-22-14-43(9-3-5-24(22)48-28)27-18-15-46-23(25-19(32(35,36)37)6-7-20(38)26(25)34)11-21(18)40-30(41-27)47-16-31-8-4-10-44(31)13-17(33)12-31/h6-7,17,23H,3-5,8-16,38H2,1-2H3/t17-,23+,31+/m1/s1. The smallest absolute Gasteiger partial charge is 0.416 e. The van der Waals surface area contributed by atoms with Crippen LogP contribution in [0.25, 0.3) is 0 Å². The number of halogens is 5. The lowest BCUT2D eigenvalue weighted by molar-refractivity contribution is -0.140. The molecule has 4 aliphatic heterocycles. The maximum Gasteiger partial charge on any atom is 0.416 e. The minimum absolute atomic E-state index is 0.00301. The third-order valence-electron chi connectivity index (χ3n) is 9.77. The lowest BCUT2D eigenvalue weighted by atomic mass is 9.94. The van der Waals surface area contributed by atoms with Gasteiger partial charge in [0.25, 0.3) is 5.91 Å². The zero-order chi connectivity index (χ0) is 34.0. The summed E-state index contributed by atoms with van der Waals surface area (Å²) in [4.78, 5) is 33.3. The Labute approximate surface area is 278 Å². The molecule has 2 saturated heterocycles. The largest absolute Gasteiger partial charge is 0.461 e. The number of aryl methyl sites for hydroxylation is 1. The predicted octanol–water partition coefficient (Wildman–Crippen LogP) is 5.10. The average Bonchev–Trinajstić information content (AvgIpc) is 3.66. The summed E-state index contributed by atoms with van der Waals surface area (Å²) >= 11 is 1.36. The molecule has 10 nitrogen and oxygen atoms in total. The number of hydrogen-bond acceptors (Lipinski definition) is 10. The molecule has 0 aliphatic carbocycles. The van der Waals surface area contributed by atoms with Gasteiger partial charge in [-0.25, -0.2) is 13.8 Å². The maximum atomic E-state index is 15.3. The van der Waals surface area contributed by atoms with Gasteiger partial charge in [-0.15, -0.1) is 11.3 Å². The minimum atomic E-state index is -4.84. The number of carbonyl (C=O) groups is 1. The van der Waals surface area contributed by atoms with Crippen molar-refractivity contribution in [3.8, 4) is 6.01 Å². The number of hydrogen-bond donors (Lipinski definition) is 1. The summed E-state index contributed by atoms with van der Waals surface area (Å²) in [5.74, 6) is -0.906. The maximum absolute atomic E-state index is 15.3. The third-order valence-corrected chi connectivity index (χ3v) is 10.9. The second-order valence-corrected chi connectivity index (χ2v) is 14.2. The van der Waals surface area contributed by atoms with E-state index in [2.05, 4.69) is 14.9 Å². The SMILES string of the molecule is CN(C)C(=O)c1nc2c(s1)CCCN(c1nc(OC[C@@]34CCCN3C[C@H](F)C4)nc3c1CO[C@H](c1c(C(F)(F)F)ccc(N)c1F)C3)C2. The first-order chi connectivity index (χ1) is 22.8. The Morgan fingerprint density at radius 2 is 2.00 bits per heavy atom. The molecule has 4 aliphatic rings. The number of carbonyl (C=O) groups excluding carboxylic acids is 1. The van der Waals surface area contributed by atoms with E-state index in [0.717, 1.165) is 48.5 Å². The van der Waals surface area contributed by atoms with Crippen molar-refractivity contribution in [2.45, 2.75) is 75.7 Å². The first kappa shape index (κ1) is 32.9. The number of benzene rings is 1. The molecule has 3 aromatic rings. The van der Waals surface area contributed by atoms with Gasteiger partial charge in [-0.3, -0.25) is 9.69 Å². The van der Waals surface area contributed by atoms with Crippen LogP contribution >= 0.6 is 11.3 Å². The molecule has 1 aromatic carbocycles. The van der Waals surface area contributed by atoms with Crippen molar-refractivity contribution in [3.63, 3.8) is 0 Å². The second kappa shape index (κ2) is 12.4. The summed E-state index contributed by atoms with van der Waals surface area (Å²) in [5, 5.41) is 0.388. The summed E-state index contributed by atoms with van der Waals surface area (Å²) in [7, 11) is 3.33. The lowest BCUT2D eigenvalue weighted by Gasteiger charge is -2.33. The van der Waals surface area contributed by atoms with Crippen molar-refractivity contribution in [1.82, 2.24) is 24.8 Å². The molecule has 3 atom stereocenters. The van der Waals surface area contributed by atoms with E-state index in [9.17, 15) is 22.4 Å². The van der Waals surface area contributed by atoms with E-state index in [1.165, 1.54) is 16.2 Å². The monoisotopic (exact) mass is 693 g/mol. The van der Waals surface area contributed by atoms with Gasteiger partial charge in [-0.2, -0.15) is 23.1 Å². The van der Waals surface area contributed by atoms with Gasteiger partial charge in [0.2, 0.25) is 0 Å². The normalized spacial score (nSPS) is 24.2. The number of rotatable bonds is 6.